The first-order valence-corrected chi connectivity index (χ1v) is 14.8. The van der Waals surface area contributed by atoms with Crippen LogP contribution < -0.4 is 10.6 Å². The number of nitrogens with two attached hydrogens (primary N) is 1. The topological polar surface area (TPSA) is 125 Å². The molecule has 4 heterocycles. The zero-order valence-electron chi connectivity index (χ0n) is 22.3. The fourth-order valence-electron chi connectivity index (χ4n) is 7.74. The molecule has 3 atom stereocenters. The van der Waals surface area contributed by atoms with E-state index in [4.69, 9.17) is 15.5 Å². The zero-order chi connectivity index (χ0) is 26.2. The Labute approximate surface area is 224 Å². The van der Waals surface area contributed by atoms with Gasteiger partial charge in [0.1, 0.15) is 11.9 Å². The molecule has 3 saturated heterocycles. The van der Waals surface area contributed by atoms with Crippen molar-refractivity contribution in [3.05, 3.63) is 12.0 Å². The van der Waals surface area contributed by atoms with Crippen molar-refractivity contribution < 1.29 is 19.4 Å². The Morgan fingerprint density at radius 3 is 2.34 bits per heavy atom. The van der Waals surface area contributed by atoms with Gasteiger partial charge in [0.15, 0.2) is 5.82 Å². The van der Waals surface area contributed by atoms with Gasteiger partial charge >= 0.3 is 12.1 Å². The molecular formula is C28H42N6O4. The SMILES string of the molecule is Nc1cnc(C2CCCCC2)nc1N1CCC(N2C(=O)OC3C(N4CCC(C(=O)O)CC4)CCCC32)CC1. The number of amides is 1. The summed E-state index contributed by atoms with van der Waals surface area (Å²) in [5.74, 6) is 1.28. The van der Waals surface area contributed by atoms with E-state index in [0.717, 1.165) is 82.8 Å². The number of piperidine rings is 2. The molecule has 0 bridgehead atoms. The minimum absolute atomic E-state index is 0.108. The molecule has 2 saturated carbocycles. The second-order valence-electron chi connectivity index (χ2n) is 12.0. The monoisotopic (exact) mass is 526 g/mol. The van der Waals surface area contributed by atoms with Crippen LogP contribution in [0.25, 0.3) is 0 Å². The Balaban J connectivity index is 1.09. The van der Waals surface area contributed by atoms with E-state index in [1.807, 2.05) is 0 Å². The summed E-state index contributed by atoms with van der Waals surface area (Å²) in [6, 6.07) is 0.458. The minimum atomic E-state index is -0.690. The number of aliphatic carboxylic acids is 1. The fourth-order valence-corrected chi connectivity index (χ4v) is 7.74. The molecule has 2 aliphatic carbocycles. The van der Waals surface area contributed by atoms with Crippen molar-refractivity contribution in [2.24, 2.45) is 5.92 Å². The molecule has 0 spiro atoms. The number of carboxylic acid groups (broad SMARTS) is 1. The van der Waals surface area contributed by atoms with Gasteiger partial charge in [-0.2, -0.15) is 0 Å². The first kappa shape index (κ1) is 25.6. The number of rotatable bonds is 5. The maximum absolute atomic E-state index is 13.2. The predicted octanol–water partition coefficient (Wildman–Crippen LogP) is 3.61. The van der Waals surface area contributed by atoms with Crippen LogP contribution in [0.2, 0.25) is 0 Å². The number of nitrogen functional groups attached to an aromatic ring is 1. The molecule has 1 aromatic heterocycles. The quantitative estimate of drug-likeness (QED) is 0.592. The largest absolute Gasteiger partial charge is 0.481 e. The fraction of sp³-hybridized carbons (Fsp3) is 0.786. The number of ether oxygens (including phenoxy) is 1. The molecule has 10 heteroatoms. The second-order valence-corrected chi connectivity index (χ2v) is 12.0. The van der Waals surface area contributed by atoms with Crippen molar-refractivity contribution >= 4 is 23.6 Å². The van der Waals surface area contributed by atoms with E-state index in [2.05, 4.69) is 19.7 Å². The van der Waals surface area contributed by atoms with Crippen LogP contribution in [0.15, 0.2) is 6.20 Å². The van der Waals surface area contributed by atoms with Gasteiger partial charge in [0.25, 0.3) is 0 Å². The molecule has 10 nitrogen and oxygen atoms in total. The van der Waals surface area contributed by atoms with Gasteiger partial charge in [-0.25, -0.2) is 14.8 Å². The first-order valence-electron chi connectivity index (χ1n) is 14.8. The number of carbonyl (C=O) groups is 2. The van der Waals surface area contributed by atoms with E-state index < -0.39 is 5.97 Å². The van der Waals surface area contributed by atoms with Crippen molar-refractivity contribution in [2.45, 2.75) is 107 Å². The molecule has 208 valence electrons. The third-order valence-electron chi connectivity index (χ3n) is 9.85. The lowest BCUT2D eigenvalue weighted by molar-refractivity contribution is -0.143. The van der Waals surface area contributed by atoms with E-state index in [-0.39, 0.29) is 36.2 Å². The lowest BCUT2D eigenvalue weighted by Gasteiger charge is -2.44. The van der Waals surface area contributed by atoms with Gasteiger partial charge in [-0.3, -0.25) is 14.6 Å². The molecule has 3 unspecified atom stereocenters. The van der Waals surface area contributed by atoms with Crippen molar-refractivity contribution in [3.8, 4) is 0 Å². The number of nitrogens with zero attached hydrogens (tertiary/aromatic N) is 5. The molecule has 5 fully saturated rings. The molecule has 0 aromatic carbocycles. The number of fused-ring (bicyclic) bond motifs is 1. The maximum Gasteiger partial charge on any atom is 0.410 e. The number of anilines is 2. The van der Waals surface area contributed by atoms with E-state index in [0.29, 0.717) is 24.4 Å². The smallest absolute Gasteiger partial charge is 0.410 e. The summed E-state index contributed by atoms with van der Waals surface area (Å²) in [5.41, 5.74) is 6.97. The van der Waals surface area contributed by atoms with Crippen LogP contribution in [0.5, 0.6) is 0 Å². The highest BCUT2D eigenvalue weighted by Gasteiger charge is 2.51. The van der Waals surface area contributed by atoms with Crippen LogP contribution in [0.4, 0.5) is 16.3 Å². The third kappa shape index (κ3) is 4.92. The van der Waals surface area contributed by atoms with Gasteiger partial charge in [-0.15, -0.1) is 0 Å². The number of aromatic nitrogens is 2. The molecule has 5 aliphatic rings. The molecule has 3 aliphatic heterocycles. The van der Waals surface area contributed by atoms with Crippen molar-refractivity contribution in [1.29, 1.82) is 0 Å². The molecule has 1 amide bonds. The number of likely N-dealkylation sites (tertiary alicyclic amines) is 1. The van der Waals surface area contributed by atoms with Gasteiger partial charge in [0.2, 0.25) is 0 Å². The second kappa shape index (κ2) is 10.9. The summed E-state index contributed by atoms with van der Waals surface area (Å²) < 4.78 is 6.06. The van der Waals surface area contributed by atoms with Gasteiger partial charge in [-0.05, 0) is 70.9 Å². The van der Waals surface area contributed by atoms with Crippen LogP contribution in [0.1, 0.15) is 88.8 Å². The number of carbonyl (C=O) groups excluding carboxylic acids is 1. The Bertz CT molecular complexity index is 1020. The maximum atomic E-state index is 13.2. The summed E-state index contributed by atoms with van der Waals surface area (Å²) in [6.07, 6.45) is 13.7. The van der Waals surface area contributed by atoms with Crippen LogP contribution in [-0.2, 0) is 9.53 Å². The number of hydrogen-bond donors (Lipinski definition) is 2. The zero-order valence-corrected chi connectivity index (χ0v) is 22.3. The Morgan fingerprint density at radius 2 is 1.63 bits per heavy atom. The Morgan fingerprint density at radius 1 is 0.921 bits per heavy atom. The van der Waals surface area contributed by atoms with E-state index in [1.165, 1.54) is 19.3 Å². The van der Waals surface area contributed by atoms with Crippen molar-refractivity contribution in [1.82, 2.24) is 19.8 Å². The molecule has 6 rings (SSSR count). The van der Waals surface area contributed by atoms with E-state index in [1.54, 1.807) is 6.20 Å². The Kier molecular flexibility index (Phi) is 7.33. The minimum Gasteiger partial charge on any atom is -0.481 e. The lowest BCUT2D eigenvalue weighted by Crippen LogP contribution is -2.56. The summed E-state index contributed by atoms with van der Waals surface area (Å²) in [6.45, 7) is 3.15. The Hall–Kier alpha value is -2.62. The molecular weight excluding hydrogens is 484 g/mol. The van der Waals surface area contributed by atoms with Crippen LogP contribution in [-0.4, -0.2) is 87.3 Å². The molecule has 1 aromatic rings. The third-order valence-corrected chi connectivity index (χ3v) is 9.85. The van der Waals surface area contributed by atoms with Gasteiger partial charge in [0.05, 0.1) is 23.8 Å². The highest BCUT2D eigenvalue weighted by atomic mass is 16.6. The molecule has 0 radical (unpaired) electrons. The number of hydrogen-bond acceptors (Lipinski definition) is 8. The lowest BCUT2D eigenvalue weighted by atomic mass is 9.84. The standard InChI is InChI=1S/C28H42N6O4/c29-21-17-30-25(18-5-2-1-3-6-18)31-26(21)33-15-11-20(12-16-33)34-23-8-4-7-22(24(23)38-28(34)37)32-13-9-19(10-14-32)27(35)36/h17-20,22-24H,1-16,29H2,(H,35,36). The molecule has 3 N–H and O–H groups in total. The van der Waals surface area contributed by atoms with Crippen LogP contribution in [0, 0.1) is 5.92 Å². The van der Waals surface area contributed by atoms with Gasteiger partial charge in [-0.1, -0.05) is 19.3 Å². The van der Waals surface area contributed by atoms with E-state index >= 15 is 0 Å². The summed E-state index contributed by atoms with van der Waals surface area (Å²) in [7, 11) is 0. The average Bonchev–Trinajstić information content (AvgIpc) is 3.30. The highest BCUT2D eigenvalue weighted by molar-refractivity contribution is 5.72. The summed E-state index contributed by atoms with van der Waals surface area (Å²) in [5, 5.41) is 9.37. The van der Waals surface area contributed by atoms with Crippen molar-refractivity contribution in [3.63, 3.8) is 0 Å². The van der Waals surface area contributed by atoms with Gasteiger partial charge < -0.3 is 20.5 Å². The van der Waals surface area contributed by atoms with E-state index in [9.17, 15) is 14.7 Å². The van der Waals surface area contributed by atoms with Crippen molar-refractivity contribution in [2.75, 3.05) is 36.8 Å². The first-order chi connectivity index (χ1) is 18.5. The normalized spacial score (nSPS) is 30.3. The van der Waals surface area contributed by atoms with Gasteiger partial charge in [0, 0.05) is 31.1 Å². The van der Waals surface area contributed by atoms with Crippen LogP contribution >= 0.6 is 0 Å². The number of carboxylic acids is 1. The predicted molar refractivity (Wildman–Crippen MR) is 143 cm³/mol. The highest BCUT2D eigenvalue weighted by Crippen LogP contribution is 2.39. The van der Waals surface area contributed by atoms with Crippen LogP contribution in [0.3, 0.4) is 0 Å². The summed E-state index contributed by atoms with van der Waals surface area (Å²) >= 11 is 0. The molecule has 38 heavy (non-hydrogen) atoms. The average molecular weight is 527 g/mol. The summed E-state index contributed by atoms with van der Waals surface area (Å²) in [4.78, 5) is 40.8.